The Hall–Kier alpha value is -1.95. The third-order valence-electron chi connectivity index (χ3n) is 4.24. The molecule has 0 aromatic heterocycles. The first kappa shape index (κ1) is 18.4. The number of hydrogen-bond donors (Lipinski definition) is 0. The van der Waals surface area contributed by atoms with Crippen LogP contribution >= 0.6 is 0 Å². The first-order valence-corrected chi connectivity index (χ1v) is 9.82. The molecule has 0 radical (unpaired) electrons. The van der Waals surface area contributed by atoms with Gasteiger partial charge in [-0.15, -0.1) is 0 Å². The van der Waals surface area contributed by atoms with Gasteiger partial charge in [0.05, 0.1) is 11.5 Å². The highest BCUT2D eigenvalue weighted by atomic mass is 32.2. The van der Waals surface area contributed by atoms with Gasteiger partial charge >= 0.3 is 0 Å². The molecule has 1 heterocycles. The SMILES string of the molecule is Cc1cccc(/C=C/C(=O)CCC(=O)N(C)C2CCS(=O)(=O)C2)c1. The number of ketones is 1. The second kappa shape index (κ2) is 7.75. The van der Waals surface area contributed by atoms with Crippen LogP contribution in [0.2, 0.25) is 0 Å². The van der Waals surface area contributed by atoms with E-state index < -0.39 is 9.84 Å². The minimum absolute atomic E-state index is 0.0243. The molecule has 0 saturated carbocycles. The Kier molecular flexibility index (Phi) is 5.94. The van der Waals surface area contributed by atoms with E-state index in [1.807, 2.05) is 31.2 Å². The number of hydrogen-bond acceptors (Lipinski definition) is 4. The highest BCUT2D eigenvalue weighted by molar-refractivity contribution is 7.91. The first-order valence-electron chi connectivity index (χ1n) is 8.00. The molecule has 24 heavy (non-hydrogen) atoms. The number of carbonyl (C=O) groups excluding carboxylic acids is 2. The summed E-state index contributed by atoms with van der Waals surface area (Å²) in [6.07, 6.45) is 3.94. The van der Waals surface area contributed by atoms with Crippen LogP contribution in [0.3, 0.4) is 0 Å². The van der Waals surface area contributed by atoms with Gasteiger partial charge in [0.15, 0.2) is 15.6 Å². The molecule has 1 saturated heterocycles. The zero-order valence-corrected chi connectivity index (χ0v) is 14.9. The average Bonchev–Trinajstić information content (AvgIpc) is 2.90. The number of carbonyl (C=O) groups is 2. The number of sulfone groups is 1. The Balaban J connectivity index is 1.82. The molecule has 0 bridgehead atoms. The molecule has 130 valence electrons. The fourth-order valence-electron chi connectivity index (χ4n) is 2.74. The van der Waals surface area contributed by atoms with Crippen molar-refractivity contribution in [3.8, 4) is 0 Å². The molecule has 1 aliphatic heterocycles. The van der Waals surface area contributed by atoms with Crippen molar-refractivity contribution in [1.82, 2.24) is 4.90 Å². The molecule has 0 N–H and O–H groups in total. The fraction of sp³-hybridized carbons (Fsp3) is 0.444. The largest absolute Gasteiger partial charge is 0.342 e. The lowest BCUT2D eigenvalue weighted by Crippen LogP contribution is -2.37. The molecule has 1 aromatic rings. The van der Waals surface area contributed by atoms with Crippen LogP contribution in [0.25, 0.3) is 6.08 Å². The summed E-state index contributed by atoms with van der Waals surface area (Å²) in [5.41, 5.74) is 2.07. The normalized spacial score (nSPS) is 19.5. The van der Waals surface area contributed by atoms with Crippen LogP contribution < -0.4 is 0 Å². The second-order valence-corrected chi connectivity index (χ2v) is 8.50. The number of benzene rings is 1. The van der Waals surface area contributed by atoms with Crippen molar-refractivity contribution in [2.24, 2.45) is 0 Å². The highest BCUT2D eigenvalue weighted by Crippen LogP contribution is 2.17. The van der Waals surface area contributed by atoms with Crippen molar-refractivity contribution in [1.29, 1.82) is 0 Å². The lowest BCUT2D eigenvalue weighted by atomic mass is 10.1. The topological polar surface area (TPSA) is 71.5 Å². The molecule has 0 spiro atoms. The van der Waals surface area contributed by atoms with Crippen molar-refractivity contribution in [2.45, 2.75) is 32.2 Å². The van der Waals surface area contributed by atoms with E-state index in [2.05, 4.69) is 0 Å². The van der Waals surface area contributed by atoms with Crippen LogP contribution in [0, 0.1) is 6.92 Å². The van der Waals surface area contributed by atoms with Crippen LogP contribution in [-0.4, -0.2) is 49.6 Å². The summed E-state index contributed by atoms with van der Waals surface area (Å²) in [6, 6.07) is 7.53. The van der Waals surface area contributed by atoms with E-state index in [9.17, 15) is 18.0 Å². The van der Waals surface area contributed by atoms with E-state index in [-0.39, 0.29) is 42.1 Å². The summed E-state index contributed by atoms with van der Waals surface area (Å²) >= 11 is 0. The number of allylic oxidation sites excluding steroid dienone is 1. The highest BCUT2D eigenvalue weighted by Gasteiger charge is 2.32. The molecule has 1 fully saturated rings. The quantitative estimate of drug-likeness (QED) is 0.737. The van der Waals surface area contributed by atoms with Crippen LogP contribution in [-0.2, 0) is 19.4 Å². The summed E-state index contributed by atoms with van der Waals surface area (Å²) in [4.78, 5) is 25.5. The first-order chi connectivity index (χ1) is 11.3. The molecule has 1 unspecified atom stereocenters. The Morgan fingerprint density at radius 3 is 2.67 bits per heavy atom. The van der Waals surface area contributed by atoms with Gasteiger partial charge in [-0.3, -0.25) is 9.59 Å². The summed E-state index contributed by atoms with van der Waals surface area (Å²) in [7, 11) is -1.41. The van der Waals surface area contributed by atoms with Crippen molar-refractivity contribution in [3.05, 3.63) is 41.5 Å². The van der Waals surface area contributed by atoms with Crippen molar-refractivity contribution in [3.63, 3.8) is 0 Å². The lowest BCUT2D eigenvalue weighted by molar-refractivity contribution is -0.133. The van der Waals surface area contributed by atoms with Crippen LogP contribution in [0.15, 0.2) is 30.3 Å². The molecule has 0 aliphatic carbocycles. The van der Waals surface area contributed by atoms with Gasteiger partial charge in [0.1, 0.15) is 0 Å². The van der Waals surface area contributed by atoms with Crippen molar-refractivity contribution in [2.75, 3.05) is 18.6 Å². The smallest absolute Gasteiger partial charge is 0.223 e. The number of rotatable bonds is 6. The molecule has 1 aromatic carbocycles. The maximum absolute atomic E-state index is 12.1. The van der Waals surface area contributed by atoms with Gasteiger partial charge < -0.3 is 4.90 Å². The minimum Gasteiger partial charge on any atom is -0.342 e. The average molecular weight is 349 g/mol. The van der Waals surface area contributed by atoms with Gasteiger partial charge in [0.25, 0.3) is 0 Å². The minimum atomic E-state index is -3.02. The molecular formula is C18H23NO4S. The predicted molar refractivity (Wildman–Crippen MR) is 94.3 cm³/mol. The van der Waals surface area contributed by atoms with Crippen LogP contribution in [0.5, 0.6) is 0 Å². The number of amides is 1. The van der Waals surface area contributed by atoms with Gasteiger partial charge in [-0.1, -0.05) is 35.9 Å². The Morgan fingerprint density at radius 2 is 2.04 bits per heavy atom. The van der Waals surface area contributed by atoms with Gasteiger partial charge in [-0.2, -0.15) is 0 Å². The lowest BCUT2D eigenvalue weighted by Gasteiger charge is -2.23. The van der Waals surface area contributed by atoms with Gasteiger partial charge in [0.2, 0.25) is 5.91 Å². The van der Waals surface area contributed by atoms with Crippen molar-refractivity contribution < 1.29 is 18.0 Å². The van der Waals surface area contributed by atoms with E-state index in [0.717, 1.165) is 11.1 Å². The predicted octanol–water partition coefficient (Wildman–Crippen LogP) is 2.00. The van der Waals surface area contributed by atoms with Crippen LogP contribution in [0.4, 0.5) is 0 Å². The maximum Gasteiger partial charge on any atom is 0.223 e. The number of aryl methyl sites for hydroxylation is 1. The van der Waals surface area contributed by atoms with Gasteiger partial charge in [-0.05, 0) is 25.0 Å². The Bertz CT molecular complexity index is 752. The Morgan fingerprint density at radius 1 is 1.29 bits per heavy atom. The number of nitrogens with zero attached hydrogens (tertiary/aromatic N) is 1. The van der Waals surface area contributed by atoms with Gasteiger partial charge in [-0.25, -0.2) is 8.42 Å². The summed E-state index contributed by atoms with van der Waals surface area (Å²) in [5.74, 6) is -0.143. The summed E-state index contributed by atoms with van der Waals surface area (Å²) < 4.78 is 23.0. The molecule has 6 heteroatoms. The molecular weight excluding hydrogens is 326 g/mol. The second-order valence-electron chi connectivity index (χ2n) is 6.28. The maximum atomic E-state index is 12.1. The van der Waals surface area contributed by atoms with Crippen LogP contribution in [0.1, 0.15) is 30.4 Å². The van der Waals surface area contributed by atoms with E-state index >= 15 is 0 Å². The zero-order chi connectivity index (χ0) is 17.7. The van der Waals surface area contributed by atoms with E-state index in [1.165, 1.54) is 11.0 Å². The van der Waals surface area contributed by atoms with E-state index in [4.69, 9.17) is 0 Å². The summed E-state index contributed by atoms with van der Waals surface area (Å²) in [6.45, 7) is 1.98. The molecule has 1 atom stereocenters. The fourth-order valence-corrected chi connectivity index (χ4v) is 4.51. The Labute approximate surface area is 143 Å². The third-order valence-corrected chi connectivity index (χ3v) is 5.99. The third kappa shape index (κ3) is 5.30. The van der Waals surface area contributed by atoms with Crippen molar-refractivity contribution >= 4 is 27.6 Å². The molecule has 5 nitrogen and oxygen atoms in total. The monoisotopic (exact) mass is 349 g/mol. The molecule has 1 amide bonds. The summed E-state index contributed by atoms with van der Waals surface area (Å²) in [5, 5.41) is 0. The standard InChI is InChI=1S/C18H23NO4S/c1-14-4-3-5-15(12-14)6-7-17(20)8-9-18(21)19(2)16-10-11-24(22,23)13-16/h3-7,12,16H,8-11,13H2,1-2H3/b7-6+. The zero-order valence-electron chi connectivity index (χ0n) is 14.1. The molecule has 1 aliphatic rings. The van der Waals surface area contributed by atoms with E-state index in [1.54, 1.807) is 13.1 Å². The molecule has 2 rings (SSSR count). The van der Waals surface area contributed by atoms with Gasteiger partial charge in [0, 0.05) is 25.9 Å². The van der Waals surface area contributed by atoms with E-state index in [0.29, 0.717) is 6.42 Å².